The molecular weight excluding hydrogens is 266 g/mol. The van der Waals surface area contributed by atoms with Gasteiger partial charge < -0.3 is 9.88 Å². The lowest BCUT2D eigenvalue weighted by atomic mass is 10.1. The quantitative estimate of drug-likeness (QED) is 0.917. The van der Waals surface area contributed by atoms with Crippen LogP contribution in [0.25, 0.3) is 10.9 Å². The van der Waals surface area contributed by atoms with E-state index in [1.54, 1.807) is 0 Å². The van der Waals surface area contributed by atoms with Gasteiger partial charge in [0.1, 0.15) is 11.8 Å². The summed E-state index contributed by atoms with van der Waals surface area (Å²) >= 11 is 3.54. The number of nitrogens with one attached hydrogen (secondary N) is 1. The van der Waals surface area contributed by atoms with E-state index in [0.717, 1.165) is 26.6 Å². The van der Waals surface area contributed by atoms with E-state index >= 15 is 0 Å². The van der Waals surface area contributed by atoms with Crippen LogP contribution in [0.4, 0.5) is 0 Å². The van der Waals surface area contributed by atoms with Crippen molar-refractivity contribution in [3.05, 3.63) is 33.9 Å². The fourth-order valence-corrected chi connectivity index (χ4v) is 2.62. The molecule has 0 bridgehead atoms. The number of nitriles is 1. The van der Waals surface area contributed by atoms with E-state index in [0.29, 0.717) is 6.54 Å². The largest absolute Gasteiger partial charge is 0.335 e. The molecule has 82 valence electrons. The minimum Gasteiger partial charge on any atom is -0.335 e. The number of halogens is 1. The third kappa shape index (κ3) is 1.53. The highest BCUT2D eigenvalue weighted by Gasteiger charge is 2.15. The Morgan fingerprint density at radius 3 is 2.88 bits per heavy atom. The Morgan fingerprint density at radius 1 is 1.50 bits per heavy atom. The van der Waals surface area contributed by atoms with Gasteiger partial charge in [-0.2, -0.15) is 5.26 Å². The number of fused-ring (bicyclic) bond motifs is 1. The molecule has 0 fully saturated rings. The van der Waals surface area contributed by atoms with Crippen molar-refractivity contribution in [1.29, 1.82) is 5.26 Å². The molecule has 0 aliphatic heterocycles. The second-order valence-electron chi connectivity index (χ2n) is 3.66. The molecule has 0 atom stereocenters. The summed E-state index contributed by atoms with van der Waals surface area (Å²) in [5.41, 5.74) is 2.85. The Morgan fingerprint density at radius 2 is 2.25 bits per heavy atom. The molecule has 2 rings (SSSR count). The van der Waals surface area contributed by atoms with Crippen molar-refractivity contribution in [3.63, 3.8) is 0 Å². The van der Waals surface area contributed by atoms with E-state index in [1.165, 1.54) is 0 Å². The first kappa shape index (κ1) is 11.2. The fraction of sp³-hybridized carbons (Fsp3) is 0.250. The van der Waals surface area contributed by atoms with Crippen LogP contribution in [0.1, 0.15) is 11.3 Å². The summed E-state index contributed by atoms with van der Waals surface area (Å²) in [7, 11) is 3.81. The molecule has 0 aliphatic carbocycles. The lowest BCUT2D eigenvalue weighted by molar-refractivity contribution is 0.810. The van der Waals surface area contributed by atoms with E-state index in [1.807, 2.05) is 36.9 Å². The van der Waals surface area contributed by atoms with Crippen molar-refractivity contribution < 1.29 is 0 Å². The van der Waals surface area contributed by atoms with E-state index in [2.05, 4.69) is 27.3 Å². The van der Waals surface area contributed by atoms with Crippen LogP contribution < -0.4 is 5.32 Å². The summed E-state index contributed by atoms with van der Waals surface area (Å²) in [4.78, 5) is 0. The van der Waals surface area contributed by atoms with Gasteiger partial charge >= 0.3 is 0 Å². The van der Waals surface area contributed by atoms with Crippen molar-refractivity contribution in [1.82, 2.24) is 9.88 Å². The zero-order valence-electron chi connectivity index (χ0n) is 9.21. The highest BCUT2D eigenvalue weighted by molar-refractivity contribution is 9.10. The zero-order chi connectivity index (χ0) is 11.7. The first-order chi connectivity index (χ1) is 7.70. The molecule has 16 heavy (non-hydrogen) atoms. The molecule has 0 spiro atoms. The maximum atomic E-state index is 9.20. The summed E-state index contributed by atoms with van der Waals surface area (Å²) in [6, 6.07) is 8.28. The molecule has 0 saturated carbocycles. The molecule has 0 saturated heterocycles. The molecule has 3 nitrogen and oxygen atoms in total. The Labute approximate surface area is 103 Å². The van der Waals surface area contributed by atoms with Crippen molar-refractivity contribution in [2.45, 2.75) is 6.54 Å². The number of hydrogen-bond acceptors (Lipinski definition) is 2. The normalized spacial score (nSPS) is 10.6. The number of hydrogen-bond donors (Lipinski definition) is 1. The first-order valence-corrected chi connectivity index (χ1v) is 5.80. The summed E-state index contributed by atoms with van der Waals surface area (Å²) in [6.07, 6.45) is 0. The third-order valence-corrected chi connectivity index (χ3v) is 3.40. The molecule has 4 heteroatoms. The predicted molar refractivity (Wildman–Crippen MR) is 68.1 cm³/mol. The van der Waals surface area contributed by atoms with Crippen LogP contribution in [-0.4, -0.2) is 11.6 Å². The van der Waals surface area contributed by atoms with Crippen LogP contribution in [0, 0.1) is 11.3 Å². The second kappa shape index (κ2) is 4.28. The number of rotatable bonds is 2. The van der Waals surface area contributed by atoms with Gasteiger partial charge in [0.05, 0.1) is 5.52 Å². The Hall–Kier alpha value is -1.31. The van der Waals surface area contributed by atoms with Gasteiger partial charge in [-0.1, -0.05) is 22.0 Å². The molecule has 1 N–H and O–H groups in total. The molecule has 0 aliphatic rings. The maximum Gasteiger partial charge on any atom is 0.125 e. The number of benzene rings is 1. The van der Waals surface area contributed by atoms with Gasteiger partial charge in [-0.15, -0.1) is 0 Å². The lowest BCUT2D eigenvalue weighted by Crippen LogP contribution is -2.06. The average Bonchev–Trinajstić information content (AvgIpc) is 2.54. The first-order valence-electron chi connectivity index (χ1n) is 5.01. The smallest absolute Gasteiger partial charge is 0.125 e. The van der Waals surface area contributed by atoms with Gasteiger partial charge in [0.2, 0.25) is 0 Å². The second-order valence-corrected chi connectivity index (χ2v) is 4.52. The maximum absolute atomic E-state index is 9.20. The minimum absolute atomic E-state index is 0.697. The van der Waals surface area contributed by atoms with Gasteiger partial charge in [-0.05, 0) is 19.2 Å². The summed E-state index contributed by atoms with van der Waals surface area (Å²) < 4.78 is 2.97. The van der Waals surface area contributed by atoms with Crippen LogP contribution in [0.15, 0.2) is 22.7 Å². The third-order valence-electron chi connectivity index (χ3n) is 2.74. The molecule has 1 aromatic carbocycles. The van der Waals surface area contributed by atoms with Crippen molar-refractivity contribution in [2.75, 3.05) is 7.05 Å². The molecule has 0 radical (unpaired) electrons. The number of aryl methyl sites for hydroxylation is 1. The Balaban J connectivity index is 2.88. The van der Waals surface area contributed by atoms with Crippen LogP contribution in [0.5, 0.6) is 0 Å². The molecule has 1 aromatic heterocycles. The van der Waals surface area contributed by atoms with Crippen molar-refractivity contribution >= 4 is 26.8 Å². The van der Waals surface area contributed by atoms with E-state index < -0.39 is 0 Å². The fourth-order valence-electron chi connectivity index (χ4n) is 2.02. The highest BCUT2D eigenvalue weighted by atomic mass is 79.9. The topological polar surface area (TPSA) is 40.8 Å². The Kier molecular flexibility index (Phi) is 2.99. The number of aromatic nitrogens is 1. The van der Waals surface area contributed by atoms with Crippen LogP contribution >= 0.6 is 15.9 Å². The molecular formula is C12H12BrN3. The van der Waals surface area contributed by atoms with Gasteiger partial charge in [0.15, 0.2) is 0 Å². The Bertz CT molecular complexity index is 578. The van der Waals surface area contributed by atoms with Crippen LogP contribution in [0.3, 0.4) is 0 Å². The van der Waals surface area contributed by atoms with E-state index in [-0.39, 0.29) is 0 Å². The monoisotopic (exact) mass is 277 g/mol. The summed E-state index contributed by atoms with van der Waals surface area (Å²) in [5, 5.41) is 13.4. The predicted octanol–water partition coefficient (Wildman–Crippen LogP) is 2.53. The van der Waals surface area contributed by atoms with Crippen LogP contribution in [-0.2, 0) is 13.6 Å². The lowest BCUT2D eigenvalue weighted by Gasteiger charge is -2.00. The van der Waals surface area contributed by atoms with Gasteiger partial charge in [-0.25, -0.2) is 0 Å². The SMILES string of the molecule is CNCc1c(C#N)n(C)c2cccc(Br)c12. The van der Waals surface area contributed by atoms with Gasteiger partial charge in [0.25, 0.3) is 0 Å². The minimum atomic E-state index is 0.697. The molecule has 2 aromatic rings. The van der Waals surface area contributed by atoms with Crippen molar-refractivity contribution in [3.8, 4) is 6.07 Å². The highest BCUT2D eigenvalue weighted by Crippen LogP contribution is 2.31. The zero-order valence-corrected chi connectivity index (χ0v) is 10.8. The van der Waals surface area contributed by atoms with Gasteiger partial charge in [0, 0.05) is 29.0 Å². The van der Waals surface area contributed by atoms with Gasteiger partial charge in [-0.3, -0.25) is 0 Å². The molecule has 0 unspecified atom stereocenters. The standard InChI is InChI=1S/C12H12BrN3/c1-15-7-8-11(6-14)16(2)10-5-3-4-9(13)12(8)10/h3-5,15H,7H2,1-2H3. The van der Waals surface area contributed by atoms with E-state index in [9.17, 15) is 5.26 Å². The molecule has 0 amide bonds. The summed E-state index contributed by atoms with van der Waals surface area (Å²) in [5.74, 6) is 0. The average molecular weight is 278 g/mol. The number of nitrogens with zero attached hydrogens (tertiary/aromatic N) is 2. The van der Waals surface area contributed by atoms with Crippen LogP contribution in [0.2, 0.25) is 0 Å². The molecule has 1 heterocycles. The van der Waals surface area contributed by atoms with Crippen molar-refractivity contribution in [2.24, 2.45) is 7.05 Å². The summed E-state index contributed by atoms with van der Waals surface area (Å²) in [6.45, 7) is 0.697. The van der Waals surface area contributed by atoms with E-state index in [4.69, 9.17) is 0 Å².